The topological polar surface area (TPSA) is 92.5 Å². The molecule has 1 atom stereocenters. The summed E-state index contributed by atoms with van der Waals surface area (Å²) in [5.74, 6) is -0.709. The SMILES string of the molecule is Cc1nn(CC(=O)O)c(C)c1S(=O)(=O)N1CCCC(C)C1. The van der Waals surface area contributed by atoms with E-state index in [1.165, 1.54) is 8.99 Å². The quantitative estimate of drug-likeness (QED) is 0.895. The number of sulfonamides is 1. The summed E-state index contributed by atoms with van der Waals surface area (Å²) >= 11 is 0. The Morgan fingerprint density at radius 1 is 1.43 bits per heavy atom. The lowest BCUT2D eigenvalue weighted by Crippen LogP contribution is -2.39. The molecule has 0 bridgehead atoms. The predicted octanol–water partition coefficient (Wildman–Crippen LogP) is 1.01. The van der Waals surface area contributed by atoms with E-state index >= 15 is 0 Å². The van der Waals surface area contributed by atoms with E-state index in [4.69, 9.17) is 5.11 Å². The summed E-state index contributed by atoms with van der Waals surface area (Å²) in [6.07, 6.45) is 1.88. The van der Waals surface area contributed by atoms with Crippen LogP contribution in [0, 0.1) is 19.8 Å². The van der Waals surface area contributed by atoms with E-state index in [9.17, 15) is 13.2 Å². The van der Waals surface area contributed by atoms with Crippen molar-refractivity contribution in [2.45, 2.75) is 45.1 Å². The second-order valence-corrected chi connectivity index (χ2v) is 7.54. The lowest BCUT2D eigenvalue weighted by atomic mass is 10.0. The van der Waals surface area contributed by atoms with Crippen molar-refractivity contribution in [2.75, 3.05) is 13.1 Å². The fourth-order valence-corrected chi connectivity index (χ4v) is 4.80. The molecule has 1 N–H and O–H groups in total. The Morgan fingerprint density at radius 2 is 2.10 bits per heavy atom. The van der Waals surface area contributed by atoms with Crippen molar-refractivity contribution >= 4 is 16.0 Å². The summed E-state index contributed by atoms with van der Waals surface area (Å²) in [6, 6.07) is 0. The lowest BCUT2D eigenvalue weighted by molar-refractivity contribution is -0.137. The van der Waals surface area contributed by atoms with Gasteiger partial charge in [-0.1, -0.05) is 6.92 Å². The van der Waals surface area contributed by atoms with Gasteiger partial charge >= 0.3 is 5.97 Å². The van der Waals surface area contributed by atoms with E-state index in [2.05, 4.69) is 5.10 Å². The first kappa shape index (κ1) is 16.0. The number of hydrogen-bond donors (Lipinski definition) is 1. The van der Waals surface area contributed by atoms with E-state index in [1.54, 1.807) is 13.8 Å². The molecule has 0 spiro atoms. The number of hydrogen-bond acceptors (Lipinski definition) is 4. The fraction of sp³-hybridized carbons (Fsp3) is 0.692. The molecule has 0 amide bonds. The minimum Gasteiger partial charge on any atom is -0.480 e. The van der Waals surface area contributed by atoms with Gasteiger partial charge in [-0.25, -0.2) is 8.42 Å². The number of aromatic nitrogens is 2. The van der Waals surface area contributed by atoms with Crippen LogP contribution in [-0.2, 0) is 21.4 Å². The third kappa shape index (κ3) is 3.11. The average molecular weight is 315 g/mol. The van der Waals surface area contributed by atoms with Gasteiger partial charge in [-0.3, -0.25) is 9.48 Å². The Labute approximate surface area is 124 Å². The molecule has 0 radical (unpaired) electrons. The summed E-state index contributed by atoms with van der Waals surface area (Å²) in [5, 5.41) is 12.9. The molecule has 1 aromatic heterocycles. The van der Waals surface area contributed by atoms with Crippen LogP contribution in [0.25, 0.3) is 0 Å². The van der Waals surface area contributed by atoms with Gasteiger partial charge in [0.05, 0.1) is 11.4 Å². The van der Waals surface area contributed by atoms with Crippen molar-refractivity contribution in [2.24, 2.45) is 5.92 Å². The van der Waals surface area contributed by atoms with Gasteiger partial charge in [0.1, 0.15) is 11.4 Å². The lowest BCUT2D eigenvalue weighted by Gasteiger charge is -2.30. The first-order chi connectivity index (χ1) is 9.73. The van der Waals surface area contributed by atoms with Crippen molar-refractivity contribution < 1.29 is 18.3 Å². The second-order valence-electron chi connectivity index (χ2n) is 5.66. The Kier molecular flexibility index (Phi) is 4.38. The molecular formula is C13H21N3O4S. The van der Waals surface area contributed by atoms with E-state index in [-0.39, 0.29) is 11.4 Å². The molecule has 8 heteroatoms. The highest BCUT2D eigenvalue weighted by molar-refractivity contribution is 7.89. The number of aryl methyl sites for hydroxylation is 1. The zero-order valence-corrected chi connectivity index (χ0v) is 13.4. The third-order valence-corrected chi connectivity index (χ3v) is 5.94. The second kappa shape index (κ2) is 5.76. The average Bonchev–Trinajstić information content (AvgIpc) is 2.64. The van der Waals surface area contributed by atoms with Gasteiger partial charge in [0.2, 0.25) is 10.0 Å². The van der Waals surface area contributed by atoms with Gasteiger partial charge in [-0.05, 0) is 32.6 Å². The Morgan fingerprint density at radius 3 is 2.67 bits per heavy atom. The number of carboxylic acids is 1. The molecule has 1 fully saturated rings. The zero-order chi connectivity index (χ0) is 15.8. The Hall–Kier alpha value is -1.41. The summed E-state index contributed by atoms with van der Waals surface area (Å²) in [4.78, 5) is 11.0. The minimum absolute atomic E-state index is 0.151. The number of carboxylic acid groups (broad SMARTS) is 1. The van der Waals surface area contributed by atoms with Crippen LogP contribution in [0.15, 0.2) is 4.90 Å². The van der Waals surface area contributed by atoms with Crippen LogP contribution < -0.4 is 0 Å². The number of nitrogens with zero attached hydrogens (tertiary/aromatic N) is 3. The molecule has 0 saturated carbocycles. The minimum atomic E-state index is -3.61. The van der Waals surface area contributed by atoms with Crippen LogP contribution >= 0.6 is 0 Å². The van der Waals surface area contributed by atoms with Crippen molar-refractivity contribution in [3.8, 4) is 0 Å². The standard InChI is InChI=1S/C13H21N3O4S/c1-9-5-4-6-15(7-9)21(19,20)13-10(2)14-16(11(13)3)8-12(17)18/h9H,4-8H2,1-3H3,(H,17,18). The first-order valence-electron chi connectivity index (χ1n) is 6.99. The summed E-state index contributed by atoms with van der Waals surface area (Å²) < 4.78 is 28.3. The number of aliphatic carboxylic acids is 1. The third-order valence-electron chi connectivity index (χ3n) is 3.82. The van der Waals surface area contributed by atoms with Gasteiger partial charge in [-0.15, -0.1) is 0 Å². The van der Waals surface area contributed by atoms with Crippen LogP contribution in [-0.4, -0.2) is 46.7 Å². The van der Waals surface area contributed by atoms with Gasteiger partial charge in [0.15, 0.2) is 0 Å². The van der Waals surface area contributed by atoms with E-state index in [0.717, 1.165) is 12.8 Å². The molecule has 1 aliphatic rings. The maximum absolute atomic E-state index is 12.8. The van der Waals surface area contributed by atoms with Gasteiger partial charge in [-0.2, -0.15) is 9.40 Å². The van der Waals surface area contributed by atoms with Crippen molar-refractivity contribution in [1.82, 2.24) is 14.1 Å². The van der Waals surface area contributed by atoms with Crippen LogP contribution in [0.4, 0.5) is 0 Å². The molecular weight excluding hydrogens is 294 g/mol. The van der Waals surface area contributed by atoms with Gasteiger partial charge < -0.3 is 5.11 Å². The number of piperidine rings is 1. The first-order valence-corrected chi connectivity index (χ1v) is 8.43. The monoisotopic (exact) mass is 315 g/mol. The van der Waals surface area contributed by atoms with Gasteiger partial charge in [0, 0.05) is 13.1 Å². The smallest absolute Gasteiger partial charge is 0.325 e. The molecule has 1 aliphatic heterocycles. The molecule has 21 heavy (non-hydrogen) atoms. The van der Waals surface area contributed by atoms with Crippen molar-refractivity contribution in [1.29, 1.82) is 0 Å². The maximum atomic E-state index is 12.8. The fourth-order valence-electron chi connectivity index (χ4n) is 2.83. The molecule has 0 aliphatic carbocycles. The van der Waals surface area contributed by atoms with Gasteiger partial charge in [0.25, 0.3) is 0 Å². The highest BCUT2D eigenvalue weighted by Gasteiger charge is 2.33. The molecule has 0 aromatic carbocycles. The number of rotatable bonds is 4. The van der Waals surface area contributed by atoms with E-state index < -0.39 is 16.0 Å². The summed E-state index contributed by atoms with van der Waals surface area (Å²) in [6.45, 7) is 5.92. The molecule has 2 rings (SSSR count). The largest absolute Gasteiger partial charge is 0.480 e. The van der Waals surface area contributed by atoms with Crippen LogP contribution in [0.1, 0.15) is 31.2 Å². The molecule has 1 aromatic rings. The van der Waals surface area contributed by atoms with Crippen LogP contribution in [0.5, 0.6) is 0 Å². The normalized spacial score (nSPS) is 20.6. The highest BCUT2D eigenvalue weighted by Crippen LogP contribution is 2.27. The molecule has 7 nitrogen and oxygen atoms in total. The summed E-state index contributed by atoms with van der Waals surface area (Å²) in [7, 11) is -3.61. The van der Waals surface area contributed by atoms with E-state index in [0.29, 0.717) is 30.4 Å². The van der Waals surface area contributed by atoms with Crippen LogP contribution in [0.3, 0.4) is 0 Å². The molecule has 118 valence electrons. The van der Waals surface area contributed by atoms with Crippen LogP contribution in [0.2, 0.25) is 0 Å². The molecule has 1 saturated heterocycles. The summed E-state index contributed by atoms with van der Waals surface area (Å²) in [5.41, 5.74) is 0.736. The van der Waals surface area contributed by atoms with Crippen molar-refractivity contribution in [3.05, 3.63) is 11.4 Å². The van der Waals surface area contributed by atoms with E-state index in [1.807, 2.05) is 6.92 Å². The Bertz CT molecular complexity index is 651. The van der Waals surface area contributed by atoms with Crippen molar-refractivity contribution in [3.63, 3.8) is 0 Å². The molecule has 1 unspecified atom stereocenters. The zero-order valence-electron chi connectivity index (χ0n) is 12.5. The number of carbonyl (C=O) groups is 1. The Balaban J connectivity index is 2.40. The maximum Gasteiger partial charge on any atom is 0.325 e. The molecule has 2 heterocycles. The predicted molar refractivity (Wildman–Crippen MR) is 76.5 cm³/mol. The highest BCUT2D eigenvalue weighted by atomic mass is 32.2.